The lowest BCUT2D eigenvalue weighted by molar-refractivity contribution is 0.0128. The highest BCUT2D eigenvalue weighted by atomic mass is 32.2. The molecule has 0 saturated carbocycles. The minimum atomic E-state index is -4.02. The van der Waals surface area contributed by atoms with Crippen molar-refractivity contribution in [2.45, 2.75) is 43.1 Å². The quantitative estimate of drug-likeness (QED) is 0.755. The van der Waals surface area contributed by atoms with E-state index in [9.17, 15) is 12.8 Å². The van der Waals surface area contributed by atoms with E-state index in [1.54, 1.807) is 6.07 Å². The highest BCUT2D eigenvalue weighted by molar-refractivity contribution is 7.92. The topological polar surface area (TPSA) is 80.8 Å². The van der Waals surface area contributed by atoms with Crippen LogP contribution in [0.25, 0.3) is 0 Å². The third kappa shape index (κ3) is 4.83. The summed E-state index contributed by atoms with van der Waals surface area (Å²) < 4.78 is 54.2. The normalized spacial score (nSPS) is 20.0. The number of hydrogen-bond donors (Lipinski definition) is 1. The fraction of sp³-hybridized carbons (Fsp3) is 0.500. The lowest BCUT2D eigenvalue weighted by Gasteiger charge is -2.23. The fourth-order valence-corrected chi connectivity index (χ4v) is 5.14. The number of rotatable bonds is 5. The van der Waals surface area contributed by atoms with Crippen molar-refractivity contribution >= 4 is 15.7 Å². The first-order valence-corrected chi connectivity index (χ1v) is 12.0. The number of nitrogens with one attached hydrogen (secondary N) is 1. The standard InChI is InChI=1S/C22H28FN3O4S/c1-26-10-8-15-13-20(22(29-2)24-19(15)9-11-26)25-31(27,28)16-6-7-17(18(23)14-16)21-5-3-4-12-30-21/h6-7,13-14,21,25H,3-5,8-12H2,1-2H3/t21-/m0/s1. The first-order valence-electron chi connectivity index (χ1n) is 10.6. The second kappa shape index (κ2) is 9.10. The number of likely N-dealkylation sites (N-methyl/N-ethyl adjacent to an activating group) is 1. The Morgan fingerprint density at radius 2 is 2.03 bits per heavy atom. The zero-order valence-corrected chi connectivity index (χ0v) is 18.7. The van der Waals surface area contributed by atoms with Crippen molar-refractivity contribution < 1.29 is 22.3 Å². The van der Waals surface area contributed by atoms with Gasteiger partial charge in [-0.15, -0.1) is 0 Å². The Morgan fingerprint density at radius 3 is 2.74 bits per heavy atom. The summed E-state index contributed by atoms with van der Waals surface area (Å²) in [6, 6.07) is 5.74. The van der Waals surface area contributed by atoms with Gasteiger partial charge in [-0.3, -0.25) is 4.72 Å². The van der Waals surface area contributed by atoms with E-state index in [1.807, 2.05) is 7.05 Å². The molecular formula is C22H28FN3O4S. The molecule has 2 aromatic rings. The van der Waals surface area contributed by atoms with Gasteiger partial charge in [0, 0.05) is 37.4 Å². The molecule has 9 heteroatoms. The molecule has 0 radical (unpaired) electrons. The van der Waals surface area contributed by atoms with E-state index in [4.69, 9.17) is 9.47 Å². The number of pyridine rings is 1. The minimum absolute atomic E-state index is 0.152. The molecule has 7 nitrogen and oxygen atoms in total. The van der Waals surface area contributed by atoms with Crippen LogP contribution in [0, 0.1) is 5.82 Å². The number of benzene rings is 1. The van der Waals surface area contributed by atoms with Crippen LogP contribution in [-0.2, 0) is 27.6 Å². The van der Waals surface area contributed by atoms with Crippen molar-refractivity contribution in [1.29, 1.82) is 0 Å². The molecule has 1 aromatic heterocycles. The third-order valence-corrected chi connectivity index (χ3v) is 7.26. The number of hydrogen-bond acceptors (Lipinski definition) is 6. The van der Waals surface area contributed by atoms with Gasteiger partial charge in [-0.25, -0.2) is 17.8 Å². The van der Waals surface area contributed by atoms with E-state index < -0.39 is 15.8 Å². The average Bonchev–Trinajstić information content (AvgIpc) is 2.94. The van der Waals surface area contributed by atoms with E-state index in [1.165, 1.54) is 19.2 Å². The SMILES string of the molecule is COc1nc2c(cc1NS(=O)(=O)c1ccc([C@@H]3CCCCO3)c(F)c1)CCN(C)CC2. The predicted octanol–water partition coefficient (Wildman–Crippen LogP) is 3.30. The van der Waals surface area contributed by atoms with Crippen LogP contribution in [0.2, 0.25) is 0 Å². The van der Waals surface area contributed by atoms with Crippen LogP contribution in [-0.4, -0.2) is 52.2 Å². The Hall–Kier alpha value is -2.23. The monoisotopic (exact) mass is 449 g/mol. The molecule has 2 aliphatic rings. The van der Waals surface area contributed by atoms with Crippen molar-refractivity contribution in [2.75, 3.05) is 38.6 Å². The van der Waals surface area contributed by atoms with Gasteiger partial charge in [0.25, 0.3) is 10.0 Å². The van der Waals surface area contributed by atoms with Gasteiger partial charge in [0.1, 0.15) is 11.5 Å². The first kappa shape index (κ1) is 22.0. The molecule has 168 valence electrons. The van der Waals surface area contributed by atoms with Crippen LogP contribution < -0.4 is 9.46 Å². The Balaban J connectivity index is 1.61. The van der Waals surface area contributed by atoms with E-state index in [-0.39, 0.29) is 22.6 Å². The highest BCUT2D eigenvalue weighted by Crippen LogP contribution is 2.32. The van der Waals surface area contributed by atoms with Crippen LogP contribution in [0.5, 0.6) is 5.88 Å². The molecule has 1 fully saturated rings. The third-order valence-electron chi connectivity index (χ3n) is 5.90. The Bertz CT molecular complexity index is 1050. The predicted molar refractivity (Wildman–Crippen MR) is 115 cm³/mol. The van der Waals surface area contributed by atoms with Crippen molar-refractivity contribution in [2.24, 2.45) is 0 Å². The summed E-state index contributed by atoms with van der Waals surface area (Å²) >= 11 is 0. The highest BCUT2D eigenvalue weighted by Gasteiger charge is 2.24. The van der Waals surface area contributed by atoms with Gasteiger partial charge in [-0.2, -0.15) is 0 Å². The van der Waals surface area contributed by atoms with Gasteiger partial charge in [0.2, 0.25) is 5.88 Å². The molecular weight excluding hydrogens is 421 g/mol. The largest absolute Gasteiger partial charge is 0.479 e. The van der Waals surface area contributed by atoms with E-state index >= 15 is 0 Å². The number of aromatic nitrogens is 1. The van der Waals surface area contributed by atoms with Crippen LogP contribution in [0.1, 0.15) is 42.2 Å². The second-order valence-electron chi connectivity index (χ2n) is 8.10. The van der Waals surface area contributed by atoms with Crippen LogP contribution in [0.15, 0.2) is 29.2 Å². The summed E-state index contributed by atoms with van der Waals surface area (Å²) in [6.07, 6.45) is 3.86. The Labute approximate surface area is 182 Å². The average molecular weight is 450 g/mol. The summed E-state index contributed by atoms with van der Waals surface area (Å²) in [7, 11) is -0.526. The van der Waals surface area contributed by atoms with E-state index in [2.05, 4.69) is 14.6 Å². The maximum absolute atomic E-state index is 14.7. The van der Waals surface area contributed by atoms with Gasteiger partial charge < -0.3 is 14.4 Å². The molecule has 31 heavy (non-hydrogen) atoms. The number of ether oxygens (including phenoxy) is 2. The zero-order chi connectivity index (χ0) is 22.0. The maximum atomic E-state index is 14.7. The smallest absolute Gasteiger partial charge is 0.262 e. The maximum Gasteiger partial charge on any atom is 0.262 e. The molecule has 0 unspecified atom stereocenters. The van der Waals surface area contributed by atoms with E-state index in [0.717, 1.165) is 62.5 Å². The van der Waals surface area contributed by atoms with Crippen molar-refractivity contribution in [3.63, 3.8) is 0 Å². The second-order valence-corrected chi connectivity index (χ2v) is 9.78. The lowest BCUT2D eigenvalue weighted by atomic mass is 10.0. The van der Waals surface area contributed by atoms with Gasteiger partial charge in [-0.1, -0.05) is 6.07 Å². The molecule has 1 atom stereocenters. The van der Waals surface area contributed by atoms with Gasteiger partial charge >= 0.3 is 0 Å². The number of anilines is 1. The number of halogens is 1. The van der Waals surface area contributed by atoms with Crippen LogP contribution in [0.4, 0.5) is 10.1 Å². The van der Waals surface area contributed by atoms with Crippen LogP contribution in [0.3, 0.4) is 0 Å². The van der Waals surface area contributed by atoms with Crippen LogP contribution >= 0.6 is 0 Å². The summed E-state index contributed by atoms with van der Waals surface area (Å²) in [4.78, 5) is 6.59. The number of sulfonamides is 1. The Morgan fingerprint density at radius 1 is 1.23 bits per heavy atom. The molecule has 1 N–H and O–H groups in total. The minimum Gasteiger partial charge on any atom is -0.479 e. The molecule has 0 aliphatic carbocycles. The van der Waals surface area contributed by atoms with Crippen molar-refractivity contribution in [1.82, 2.24) is 9.88 Å². The molecule has 0 bridgehead atoms. The van der Waals surface area contributed by atoms with Crippen molar-refractivity contribution in [3.8, 4) is 5.88 Å². The van der Waals surface area contributed by atoms with Gasteiger partial charge in [0.15, 0.2) is 0 Å². The molecule has 3 heterocycles. The molecule has 0 spiro atoms. The summed E-state index contributed by atoms with van der Waals surface area (Å²) in [5.74, 6) is -0.371. The number of nitrogens with zero attached hydrogens (tertiary/aromatic N) is 2. The zero-order valence-electron chi connectivity index (χ0n) is 17.9. The molecule has 1 saturated heterocycles. The number of methoxy groups -OCH3 is 1. The first-order chi connectivity index (χ1) is 14.9. The fourth-order valence-electron chi connectivity index (χ4n) is 4.08. The summed E-state index contributed by atoms with van der Waals surface area (Å²) in [5.41, 5.74) is 2.55. The summed E-state index contributed by atoms with van der Waals surface area (Å²) in [5, 5.41) is 0. The number of fused-ring (bicyclic) bond motifs is 1. The van der Waals surface area contributed by atoms with Gasteiger partial charge in [-0.05, 0) is 56.5 Å². The molecule has 1 aromatic carbocycles. The summed E-state index contributed by atoms with van der Waals surface area (Å²) in [6.45, 7) is 2.33. The van der Waals surface area contributed by atoms with Crippen molar-refractivity contribution in [3.05, 3.63) is 46.9 Å². The van der Waals surface area contributed by atoms with E-state index in [0.29, 0.717) is 12.2 Å². The molecule has 0 amide bonds. The van der Waals surface area contributed by atoms with Gasteiger partial charge in [0.05, 0.1) is 18.1 Å². The molecule has 2 aliphatic heterocycles. The lowest BCUT2D eigenvalue weighted by Crippen LogP contribution is -2.20. The Kier molecular flexibility index (Phi) is 6.45. The molecule has 4 rings (SSSR count).